The average Bonchev–Trinajstić information content (AvgIpc) is 3.10. The minimum Gasteiger partial charge on any atom is -0.497 e. The van der Waals surface area contributed by atoms with Gasteiger partial charge in [0.25, 0.3) is 0 Å². The maximum Gasteiger partial charge on any atom is 0.222 e. The van der Waals surface area contributed by atoms with Crippen LogP contribution in [0.15, 0.2) is 29.3 Å². The lowest BCUT2D eigenvalue weighted by molar-refractivity contribution is -0.127. The summed E-state index contributed by atoms with van der Waals surface area (Å²) < 4.78 is 5.22. The van der Waals surface area contributed by atoms with Crippen molar-refractivity contribution in [3.63, 3.8) is 0 Å². The van der Waals surface area contributed by atoms with Gasteiger partial charge in [0.05, 0.1) is 7.11 Å². The highest BCUT2D eigenvalue weighted by Crippen LogP contribution is 2.21. The van der Waals surface area contributed by atoms with Crippen LogP contribution in [0.4, 0.5) is 0 Å². The maximum absolute atomic E-state index is 11.6. The van der Waals surface area contributed by atoms with Crippen LogP contribution < -0.4 is 15.4 Å². The Balaban J connectivity index is 1.71. The van der Waals surface area contributed by atoms with E-state index in [2.05, 4.69) is 41.6 Å². The molecule has 2 N–H and O–H groups in total. The number of methoxy groups -OCH3 is 1. The third-order valence-corrected chi connectivity index (χ3v) is 4.93. The van der Waals surface area contributed by atoms with Gasteiger partial charge in [0.1, 0.15) is 5.75 Å². The van der Waals surface area contributed by atoms with Gasteiger partial charge in [-0.05, 0) is 49.8 Å². The standard InChI is InChI=1S/C21H34N4O2/c1-4-22-21(23-13-6-16-25-15-5-7-20(25)26)24-14-12-17(2)18-8-10-19(27-3)11-9-18/h8-11,17H,4-7,12-16H2,1-3H3,(H2,22,23,24). The minimum atomic E-state index is 0.288. The third kappa shape index (κ3) is 7.12. The van der Waals surface area contributed by atoms with Gasteiger partial charge in [0.2, 0.25) is 5.91 Å². The average molecular weight is 375 g/mol. The maximum atomic E-state index is 11.6. The minimum absolute atomic E-state index is 0.288. The first-order valence-corrected chi connectivity index (χ1v) is 10.1. The lowest BCUT2D eigenvalue weighted by atomic mass is 9.98. The smallest absolute Gasteiger partial charge is 0.222 e. The molecule has 1 amide bonds. The summed E-state index contributed by atoms with van der Waals surface area (Å²) in [6.45, 7) is 8.46. The first kappa shape index (κ1) is 21.1. The molecule has 1 aromatic carbocycles. The van der Waals surface area contributed by atoms with E-state index in [1.807, 2.05) is 17.0 Å². The number of benzene rings is 1. The van der Waals surface area contributed by atoms with Crippen LogP contribution in [0.3, 0.4) is 0 Å². The molecule has 1 aliphatic heterocycles. The molecule has 0 spiro atoms. The molecule has 1 saturated heterocycles. The molecule has 0 aromatic heterocycles. The highest BCUT2D eigenvalue weighted by molar-refractivity contribution is 5.79. The van der Waals surface area contributed by atoms with Crippen LogP contribution >= 0.6 is 0 Å². The van der Waals surface area contributed by atoms with Crippen LogP contribution in [-0.4, -0.2) is 56.6 Å². The Kier molecular flexibility index (Phi) is 8.95. The quantitative estimate of drug-likeness (QED) is 0.375. The topological polar surface area (TPSA) is 66.0 Å². The molecule has 6 nitrogen and oxygen atoms in total. The highest BCUT2D eigenvalue weighted by atomic mass is 16.5. The number of aliphatic imine (C=N–C) groups is 1. The summed E-state index contributed by atoms with van der Waals surface area (Å²) in [5.41, 5.74) is 1.31. The van der Waals surface area contributed by atoms with Crippen molar-refractivity contribution in [1.82, 2.24) is 15.5 Å². The van der Waals surface area contributed by atoms with Crippen LogP contribution in [0.1, 0.15) is 51.0 Å². The first-order valence-electron chi connectivity index (χ1n) is 10.1. The molecule has 0 bridgehead atoms. The van der Waals surface area contributed by atoms with Gasteiger partial charge in [-0.2, -0.15) is 0 Å². The Hall–Kier alpha value is -2.24. The zero-order chi connectivity index (χ0) is 19.5. The summed E-state index contributed by atoms with van der Waals surface area (Å²) in [5.74, 6) is 2.50. The summed E-state index contributed by atoms with van der Waals surface area (Å²) in [6.07, 6.45) is 3.64. The van der Waals surface area contributed by atoms with Crippen molar-refractivity contribution in [3.05, 3.63) is 29.8 Å². The third-order valence-electron chi connectivity index (χ3n) is 4.93. The van der Waals surface area contributed by atoms with Gasteiger partial charge >= 0.3 is 0 Å². The summed E-state index contributed by atoms with van der Waals surface area (Å²) in [6, 6.07) is 8.27. The van der Waals surface area contributed by atoms with E-state index in [9.17, 15) is 4.79 Å². The molecule has 1 heterocycles. The first-order chi connectivity index (χ1) is 13.1. The van der Waals surface area contributed by atoms with Crippen molar-refractivity contribution >= 4 is 11.9 Å². The van der Waals surface area contributed by atoms with Gasteiger partial charge < -0.3 is 20.3 Å². The fraction of sp³-hybridized carbons (Fsp3) is 0.619. The number of ether oxygens (including phenoxy) is 1. The van der Waals surface area contributed by atoms with Crippen molar-refractivity contribution in [2.75, 3.05) is 39.8 Å². The van der Waals surface area contributed by atoms with Gasteiger partial charge in [-0.15, -0.1) is 0 Å². The number of nitrogens with one attached hydrogen (secondary N) is 2. The van der Waals surface area contributed by atoms with Crippen LogP contribution in [0, 0.1) is 0 Å². The summed E-state index contributed by atoms with van der Waals surface area (Å²) in [4.78, 5) is 18.2. The second-order valence-corrected chi connectivity index (χ2v) is 6.99. The van der Waals surface area contributed by atoms with Crippen molar-refractivity contribution in [3.8, 4) is 5.75 Å². The summed E-state index contributed by atoms with van der Waals surface area (Å²) in [7, 11) is 1.69. The number of carbonyl (C=O) groups excluding carboxylic acids is 1. The number of rotatable bonds is 10. The zero-order valence-electron chi connectivity index (χ0n) is 17.0. The number of amides is 1. The van der Waals surface area contributed by atoms with Crippen molar-refractivity contribution in [2.24, 2.45) is 4.99 Å². The van der Waals surface area contributed by atoms with Gasteiger partial charge in [0.15, 0.2) is 5.96 Å². The van der Waals surface area contributed by atoms with Crippen molar-refractivity contribution in [2.45, 2.75) is 45.4 Å². The van der Waals surface area contributed by atoms with Gasteiger partial charge in [0, 0.05) is 39.1 Å². The van der Waals surface area contributed by atoms with E-state index in [4.69, 9.17) is 4.74 Å². The molecule has 1 fully saturated rings. The molecular formula is C21H34N4O2. The molecule has 0 saturated carbocycles. The molecule has 27 heavy (non-hydrogen) atoms. The number of nitrogens with zero attached hydrogens (tertiary/aromatic N) is 2. The number of hydrogen-bond donors (Lipinski definition) is 2. The van der Waals surface area contributed by atoms with Crippen molar-refractivity contribution in [1.29, 1.82) is 0 Å². The zero-order valence-corrected chi connectivity index (χ0v) is 17.0. The van der Waals surface area contributed by atoms with Crippen LogP contribution in [-0.2, 0) is 4.79 Å². The molecule has 0 aliphatic carbocycles. The van der Waals surface area contributed by atoms with Gasteiger partial charge in [-0.25, -0.2) is 0 Å². The molecule has 1 aliphatic rings. The Bertz CT molecular complexity index is 601. The Morgan fingerprint density at radius 2 is 2.07 bits per heavy atom. The monoisotopic (exact) mass is 374 g/mol. The Morgan fingerprint density at radius 3 is 2.70 bits per heavy atom. The molecule has 1 aromatic rings. The van der Waals surface area contributed by atoms with Crippen LogP contribution in [0.25, 0.3) is 0 Å². The second-order valence-electron chi connectivity index (χ2n) is 6.99. The number of likely N-dealkylation sites (tertiary alicyclic amines) is 1. The fourth-order valence-electron chi connectivity index (χ4n) is 3.24. The molecule has 150 valence electrons. The predicted molar refractivity (Wildman–Crippen MR) is 110 cm³/mol. The normalized spacial score (nSPS) is 15.7. The summed E-state index contributed by atoms with van der Waals surface area (Å²) in [5, 5.41) is 6.70. The predicted octanol–water partition coefficient (Wildman–Crippen LogP) is 2.76. The van der Waals surface area contributed by atoms with E-state index in [1.165, 1.54) is 5.56 Å². The van der Waals surface area contributed by atoms with Crippen LogP contribution in [0.2, 0.25) is 0 Å². The van der Waals surface area contributed by atoms with E-state index in [-0.39, 0.29) is 5.91 Å². The van der Waals surface area contributed by atoms with E-state index >= 15 is 0 Å². The van der Waals surface area contributed by atoms with Gasteiger partial charge in [-0.3, -0.25) is 9.79 Å². The SMILES string of the molecule is CCNC(=NCCCN1CCCC1=O)NCCC(C)c1ccc(OC)cc1. The lowest BCUT2D eigenvalue weighted by Crippen LogP contribution is -2.38. The number of carbonyl (C=O) groups is 1. The van der Waals surface area contributed by atoms with Crippen molar-refractivity contribution < 1.29 is 9.53 Å². The molecule has 2 rings (SSSR count). The van der Waals surface area contributed by atoms with Crippen LogP contribution in [0.5, 0.6) is 5.75 Å². The molecule has 0 radical (unpaired) electrons. The second kappa shape index (κ2) is 11.5. The molecular weight excluding hydrogens is 340 g/mol. The Labute approximate surface area is 163 Å². The van der Waals surface area contributed by atoms with E-state index in [0.29, 0.717) is 12.3 Å². The highest BCUT2D eigenvalue weighted by Gasteiger charge is 2.18. The molecule has 1 unspecified atom stereocenters. The largest absolute Gasteiger partial charge is 0.497 e. The Morgan fingerprint density at radius 1 is 1.30 bits per heavy atom. The number of guanidine groups is 1. The van der Waals surface area contributed by atoms with E-state index in [1.54, 1.807) is 7.11 Å². The molecule has 6 heteroatoms. The van der Waals surface area contributed by atoms with Gasteiger partial charge in [-0.1, -0.05) is 19.1 Å². The fourth-order valence-corrected chi connectivity index (χ4v) is 3.24. The molecule has 1 atom stereocenters. The number of hydrogen-bond acceptors (Lipinski definition) is 3. The van der Waals surface area contributed by atoms with E-state index in [0.717, 1.165) is 63.7 Å². The summed E-state index contributed by atoms with van der Waals surface area (Å²) >= 11 is 0. The lowest BCUT2D eigenvalue weighted by Gasteiger charge is -2.16. The van der Waals surface area contributed by atoms with E-state index < -0.39 is 0 Å².